The van der Waals surface area contributed by atoms with Gasteiger partial charge in [-0.2, -0.15) is 5.26 Å². The summed E-state index contributed by atoms with van der Waals surface area (Å²) in [4.78, 5) is 28.1. The zero-order valence-corrected chi connectivity index (χ0v) is 16.8. The minimum absolute atomic E-state index is 0.00188. The molecule has 2 saturated carbocycles. The second-order valence-corrected chi connectivity index (χ2v) is 8.96. The van der Waals surface area contributed by atoms with E-state index in [2.05, 4.69) is 15.5 Å². The Morgan fingerprint density at radius 3 is 2.47 bits per heavy atom. The number of piperidine rings is 1. The lowest BCUT2D eigenvalue weighted by molar-refractivity contribution is -0.130. The van der Waals surface area contributed by atoms with Crippen LogP contribution < -0.4 is 15.5 Å². The summed E-state index contributed by atoms with van der Waals surface area (Å²) < 4.78 is 13.5. The fraction of sp³-hybridized carbons (Fsp3) is 0.591. The molecule has 2 amide bonds. The van der Waals surface area contributed by atoms with Crippen molar-refractivity contribution in [3.63, 3.8) is 0 Å². The first-order valence-corrected chi connectivity index (χ1v) is 10.8. The molecule has 4 fully saturated rings. The third-order valence-corrected chi connectivity index (χ3v) is 6.81. The molecule has 8 heteroatoms. The summed E-state index contributed by atoms with van der Waals surface area (Å²) in [6.45, 7) is 2.02. The Labute approximate surface area is 175 Å². The topological polar surface area (TPSA) is 88.5 Å². The summed E-state index contributed by atoms with van der Waals surface area (Å²) in [6.07, 6.45) is 1.18. The first kappa shape index (κ1) is 19.3. The van der Waals surface area contributed by atoms with Gasteiger partial charge in [-0.15, -0.1) is 0 Å². The molecule has 0 aromatic heterocycles. The highest BCUT2D eigenvalue weighted by molar-refractivity contribution is 5.94. The van der Waals surface area contributed by atoms with Crippen molar-refractivity contribution in [2.24, 2.45) is 11.8 Å². The number of halogens is 1. The average molecular weight is 411 g/mol. The number of nitriles is 1. The zero-order chi connectivity index (χ0) is 20.8. The van der Waals surface area contributed by atoms with Gasteiger partial charge in [0.2, 0.25) is 5.91 Å². The fourth-order valence-corrected chi connectivity index (χ4v) is 4.85. The standard InChI is InChI=1S/C22H26FN5O2/c23-14-7-17(8-24)28(10-14)20(29)9-25-21-18-11-27(12-19(18)21)16-5-1-13(2-6-16)22(30)26-15-3-4-15/h1-2,5-6,14-15,17-19,21,25H,3-4,7,9-12H2,(H,26,30)/t14-,17-,18?,19?,21?/m0/s1. The first-order valence-electron chi connectivity index (χ1n) is 10.8. The molecule has 2 aliphatic carbocycles. The van der Waals surface area contributed by atoms with Gasteiger partial charge < -0.3 is 20.4 Å². The quantitative estimate of drug-likeness (QED) is 0.731. The van der Waals surface area contributed by atoms with Gasteiger partial charge in [-0.1, -0.05) is 0 Å². The molecule has 7 nitrogen and oxygen atoms in total. The number of alkyl halides is 1. The largest absolute Gasteiger partial charge is 0.371 e. The highest BCUT2D eigenvalue weighted by Crippen LogP contribution is 2.46. The van der Waals surface area contributed by atoms with Crippen LogP contribution in [-0.4, -0.2) is 67.2 Å². The van der Waals surface area contributed by atoms with E-state index in [-0.39, 0.29) is 31.3 Å². The van der Waals surface area contributed by atoms with Crippen molar-refractivity contribution in [1.82, 2.24) is 15.5 Å². The van der Waals surface area contributed by atoms with Crippen LogP contribution in [0, 0.1) is 23.2 Å². The number of carbonyl (C=O) groups is 2. The van der Waals surface area contributed by atoms with Gasteiger partial charge in [0.05, 0.1) is 19.2 Å². The number of fused-ring (bicyclic) bond motifs is 1. The molecule has 158 valence electrons. The maximum atomic E-state index is 13.5. The van der Waals surface area contributed by atoms with Crippen LogP contribution in [0.25, 0.3) is 0 Å². The van der Waals surface area contributed by atoms with Gasteiger partial charge in [0.25, 0.3) is 5.91 Å². The third-order valence-electron chi connectivity index (χ3n) is 6.81. The van der Waals surface area contributed by atoms with Gasteiger partial charge in [0.15, 0.2) is 0 Å². The Hall–Kier alpha value is -2.66. The van der Waals surface area contributed by atoms with Crippen LogP contribution in [0.4, 0.5) is 10.1 Å². The molecule has 0 spiro atoms. The monoisotopic (exact) mass is 411 g/mol. The Bertz CT molecular complexity index is 869. The lowest BCUT2D eigenvalue weighted by Crippen LogP contribution is -2.42. The van der Waals surface area contributed by atoms with Crippen molar-refractivity contribution in [3.05, 3.63) is 29.8 Å². The predicted molar refractivity (Wildman–Crippen MR) is 109 cm³/mol. The number of carbonyl (C=O) groups excluding carboxylic acids is 2. The fourth-order valence-electron chi connectivity index (χ4n) is 4.85. The molecule has 4 aliphatic rings. The van der Waals surface area contributed by atoms with Crippen LogP contribution in [0.5, 0.6) is 0 Å². The second-order valence-electron chi connectivity index (χ2n) is 8.96. The van der Waals surface area contributed by atoms with Crippen molar-refractivity contribution in [2.75, 3.05) is 31.1 Å². The van der Waals surface area contributed by atoms with Crippen molar-refractivity contribution >= 4 is 17.5 Å². The number of anilines is 1. The molecular formula is C22H26FN5O2. The van der Waals surface area contributed by atoms with E-state index in [0.717, 1.165) is 31.6 Å². The smallest absolute Gasteiger partial charge is 0.251 e. The lowest BCUT2D eigenvalue weighted by atomic mass is 10.1. The average Bonchev–Trinajstić information content (AvgIpc) is 3.59. The molecule has 0 radical (unpaired) electrons. The van der Waals surface area contributed by atoms with Crippen LogP contribution in [0.1, 0.15) is 29.6 Å². The van der Waals surface area contributed by atoms with Gasteiger partial charge in [0.1, 0.15) is 12.2 Å². The Morgan fingerprint density at radius 2 is 1.83 bits per heavy atom. The van der Waals surface area contributed by atoms with Crippen LogP contribution >= 0.6 is 0 Å². The summed E-state index contributed by atoms with van der Waals surface area (Å²) >= 11 is 0. The van der Waals surface area contributed by atoms with Gasteiger partial charge in [-0.3, -0.25) is 9.59 Å². The van der Waals surface area contributed by atoms with Crippen molar-refractivity contribution in [2.45, 2.75) is 43.6 Å². The zero-order valence-electron chi connectivity index (χ0n) is 16.8. The van der Waals surface area contributed by atoms with Gasteiger partial charge in [-0.25, -0.2) is 4.39 Å². The number of benzene rings is 1. The van der Waals surface area contributed by atoms with Gasteiger partial charge >= 0.3 is 0 Å². The molecule has 30 heavy (non-hydrogen) atoms. The van der Waals surface area contributed by atoms with E-state index in [0.29, 0.717) is 29.5 Å². The van der Waals surface area contributed by atoms with E-state index >= 15 is 0 Å². The van der Waals surface area contributed by atoms with E-state index in [1.807, 2.05) is 30.3 Å². The molecule has 2 N–H and O–H groups in total. The van der Waals surface area contributed by atoms with Gasteiger partial charge in [0, 0.05) is 42.8 Å². The number of nitrogens with one attached hydrogen (secondary N) is 2. The summed E-state index contributed by atoms with van der Waals surface area (Å²) in [5.74, 6) is 0.798. The molecule has 2 heterocycles. The van der Waals surface area contributed by atoms with Crippen molar-refractivity contribution in [3.8, 4) is 6.07 Å². The number of hydrogen-bond acceptors (Lipinski definition) is 5. The Balaban J connectivity index is 1.08. The number of rotatable bonds is 6. The molecule has 5 rings (SSSR count). The first-order chi connectivity index (χ1) is 14.5. The minimum Gasteiger partial charge on any atom is -0.371 e. The Morgan fingerprint density at radius 1 is 1.13 bits per heavy atom. The minimum atomic E-state index is -1.10. The molecule has 2 saturated heterocycles. The van der Waals surface area contributed by atoms with Crippen molar-refractivity contribution < 1.29 is 14.0 Å². The number of nitrogens with zero attached hydrogens (tertiary/aromatic N) is 3. The Kier molecular flexibility index (Phi) is 4.86. The highest BCUT2D eigenvalue weighted by atomic mass is 19.1. The van der Waals surface area contributed by atoms with Crippen LogP contribution in [0.2, 0.25) is 0 Å². The normalized spacial score (nSPS) is 31.9. The van der Waals surface area contributed by atoms with E-state index in [1.54, 1.807) is 0 Å². The molecule has 2 unspecified atom stereocenters. The molecule has 2 aliphatic heterocycles. The number of hydrogen-bond donors (Lipinski definition) is 2. The number of amides is 2. The maximum absolute atomic E-state index is 13.5. The number of likely N-dealkylation sites (tertiary alicyclic amines) is 1. The van der Waals surface area contributed by atoms with E-state index < -0.39 is 12.2 Å². The molecular weight excluding hydrogens is 385 g/mol. The summed E-state index contributed by atoms with van der Waals surface area (Å²) in [5.41, 5.74) is 1.81. The summed E-state index contributed by atoms with van der Waals surface area (Å²) in [7, 11) is 0. The summed E-state index contributed by atoms with van der Waals surface area (Å²) in [6, 6.07) is 9.80. The maximum Gasteiger partial charge on any atom is 0.251 e. The van der Waals surface area contributed by atoms with Crippen LogP contribution in [0.15, 0.2) is 24.3 Å². The lowest BCUT2D eigenvalue weighted by Gasteiger charge is -2.23. The summed E-state index contributed by atoms with van der Waals surface area (Å²) in [5, 5.41) is 15.4. The van der Waals surface area contributed by atoms with Crippen LogP contribution in [0.3, 0.4) is 0 Å². The molecule has 1 aromatic carbocycles. The molecule has 1 aromatic rings. The predicted octanol–water partition coefficient (Wildman–Crippen LogP) is 1.07. The second kappa shape index (κ2) is 7.55. The van der Waals surface area contributed by atoms with Gasteiger partial charge in [-0.05, 0) is 48.9 Å². The molecule has 4 atom stereocenters. The molecule has 0 bridgehead atoms. The highest BCUT2D eigenvalue weighted by Gasteiger charge is 2.55. The van der Waals surface area contributed by atoms with Crippen molar-refractivity contribution in [1.29, 1.82) is 5.26 Å². The van der Waals surface area contributed by atoms with E-state index in [9.17, 15) is 14.0 Å². The SMILES string of the molecule is N#C[C@@H]1C[C@H](F)CN1C(=O)CNC1C2CN(c3ccc(C(=O)NC4CC4)cc3)CC21. The van der Waals surface area contributed by atoms with E-state index in [4.69, 9.17) is 5.26 Å². The third kappa shape index (κ3) is 3.74. The van der Waals surface area contributed by atoms with Crippen LogP contribution in [-0.2, 0) is 4.79 Å². The van der Waals surface area contributed by atoms with E-state index in [1.165, 1.54) is 4.90 Å².